The molecule has 2 heterocycles. The fourth-order valence-electron chi connectivity index (χ4n) is 1.95. The van der Waals surface area contributed by atoms with E-state index in [-0.39, 0.29) is 5.56 Å². The standard InChI is InChI=1S/C14H8F3NS/c15-14(16,17)13-10(12-6-3-7-19-12)8-9-4-1-2-5-11(9)18-13/h1-8H. The number of hydrogen-bond acceptors (Lipinski definition) is 2. The first-order valence-electron chi connectivity index (χ1n) is 5.56. The van der Waals surface area contributed by atoms with Crippen molar-refractivity contribution in [1.82, 2.24) is 4.98 Å². The number of rotatable bonds is 1. The zero-order chi connectivity index (χ0) is 13.5. The van der Waals surface area contributed by atoms with Crippen LogP contribution >= 0.6 is 11.3 Å². The lowest BCUT2D eigenvalue weighted by Gasteiger charge is -2.12. The SMILES string of the molecule is FC(F)(F)c1nc2ccccc2cc1-c1cccs1. The molecule has 0 atom stereocenters. The summed E-state index contributed by atoms with van der Waals surface area (Å²) >= 11 is 1.27. The molecule has 1 nitrogen and oxygen atoms in total. The second-order valence-corrected chi connectivity index (χ2v) is 5.00. The van der Waals surface area contributed by atoms with E-state index in [2.05, 4.69) is 4.98 Å². The van der Waals surface area contributed by atoms with Gasteiger partial charge in [0.2, 0.25) is 0 Å². The number of fused-ring (bicyclic) bond motifs is 1. The Labute approximate surface area is 111 Å². The molecular weight excluding hydrogens is 271 g/mol. The Hall–Kier alpha value is -1.88. The van der Waals surface area contributed by atoms with Gasteiger partial charge in [-0.25, -0.2) is 4.98 Å². The quantitative estimate of drug-likeness (QED) is 0.612. The lowest BCUT2D eigenvalue weighted by molar-refractivity contribution is -0.140. The zero-order valence-corrected chi connectivity index (χ0v) is 10.4. The molecule has 0 aliphatic rings. The monoisotopic (exact) mass is 279 g/mol. The molecule has 0 N–H and O–H groups in total. The van der Waals surface area contributed by atoms with Crippen molar-refractivity contribution < 1.29 is 13.2 Å². The van der Waals surface area contributed by atoms with Crippen molar-refractivity contribution in [2.45, 2.75) is 6.18 Å². The molecular formula is C14H8F3NS. The van der Waals surface area contributed by atoms with Gasteiger partial charge in [-0.3, -0.25) is 0 Å². The molecule has 0 saturated carbocycles. The van der Waals surface area contributed by atoms with Crippen LogP contribution in [-0.2, 0) is 6.18 Å². The second-order valence-electron chi connectivity index (χ2n) is 4.05. The summed E-state index contributed by atoms with van der Waals surface area (Å²) in [6.45, 7) is 0. The van der Waals surface area contributed by atoms with Crippen molar-refractivity contribution in [3.05, 3.63) is 53.5 Å². The Morgan fingerprint density at radius 1 is 1.00 bits per heavy atom. The summed E-state index contributed by atoms with van der Waals surface area (Å²) in [5.41, 5.74) is -0.329. The second kappa shape index (κ2) is 4.35. The van der Waals surface area contributed by atoms with Gasteiger partial charge in [-0.1, -0.05) is 24.3 Å². The van der Waals surface area contributed by atoms with E-state index in [0.29, 0.717) is 15.8 Å². The average molecular weight is 279 g/mol. The summed E-state index contributed by atoms with van der Waals surface area (Å²) in [5, 5.41) is 2.46. The summed E-state index contributed by atoms with van der Waals surface area (Å²) < 4.78 is 39.3. The Bertz CT molecular complexity index is 717. The topological polar surface area (TPSA) is 12.9 Å². The minimum atomic E-state index is -4.46. The first-order valence-corrected chi connectivity index (χ1v) is 6.44. The van der Waals surface area contributed by atoms with Crippen molar-refractivity contribution in [2.24, 2.45) is 0 Å². The molecule has 2 aromatic heterocycles. The molecule has 3 aromatic rings. The minimum absolute atomic E-state index is 0.140. The summed E-state index contributed by atoms with van der Waals surface area (Å²) in [6, 6.07) is 11.8. The molecule has 0 fully saturated rings. The number of hydrogen-bond donors (Lipinski definition) is 0. The summed E-state index contributed by atoms with van der Waals surface area (Å²) in [6.07, 6.45) is -4.46. The maximum Gasteiger partial charge on any atom is 0.434 e. The van der Waals surface area contributed by atoms with Crippen LogP contribution in [0.4, 0.5) is 13.2 Å². The molecule has 0 bridgehead atoms. The summed E-state index contributed by atoms with van der Waals surface area (Å²) in [7, 11) is 0. The van der Waals surface area contributed by atoms with Gasteiger partial charge < -0.3 is 0 Å². The highest BCUT2D eigenvalue weighted by atomic mass is 32.1. The van der Waals surface area contributed by atoms with Gasteiger partial charge in [0.25, 0.3) is 0 Å². The molecule has 0 amide bonds. The van der Waals surface area contributed by atoms with Crippen LogP contribution in [0, 0.1) is 0 Å². The summed E-state index contributed by atoms with van der Waals surface area (Å²) in [5.74, 6) is 0. The first-order chi connectivity index (χ1) is 9.05. The fraction of sp³-hybridized carbons (Fsp3) is 0.0714. The van der Waals surface area contributed by atoms with Crippen LogP contribution in [0.5, 0.6) is 0 Å². The van der Waals surface area contributed by atoms with Gasteiger partial charge in [0.05, 0.1) is 5.52 Å². The van der Waals surface area contributed by atoms with Crippen LogP contribution in [0.25, 0.3) is 21.3 Å². The van der Waals surface area contributed by atoms with Crippen LogP contribution in [0.2, 0.25) is 0 Å². The lowest BCUT2D eigenvalue weighted by atomic mass is 10.1. The van der Waals surface area contributed by atoms with Crippen molar-refractivity contribution in [2.75, 3.05) is 0 Å². The summed E-state index contributed by atoms with van der Waals surface area (Å²) in [4.78, 5) is 4.36. The van der Waals surface area contributed by atoms with Gasteiger partial charge in [-0.2, -0.15) is 13.2 Å². The highest BCUT2D eigenvalue weighted by molar-refractivity contribution is 7.13. The van der Waals surface area contributed by atoms with E-state index in [1.807, 2.05) is 0 Å². The van der Waals surface area contributed by atoms with Crippen LogP contribution in [0.15, 0.2) is 47.8 Å². The lowest BCUT2D eigenvalue weighted by Crippen LogP contribution is -2.10. The zero-order valence-electron chi connectivity index (χ0n) is 9.61. The smallest absolute Gasteiger partial charge is 0.243 e. The predicted octanol–water partition coefficient (Wildman–Crippen LogP) is 4.98. The van der Waals surface area contributed by atoms with Gasteiger partial charge in [0.15, 0.2) is 5.69 Å². The number of pyridine rings is 1. The predicted molar refractivity (Wildman–Crippen MR) is 70.1 cm³/mol. The van der Waals surface area contributed by atoms with E-state index in [4.69, 9.17) is 0 Å². The third-order valence-electron chi connectivity index (χ3n) is 2.78. The number of para-hydroxylation sites is 1. The van der Waals surface area contributed by atoms with Crippen molar-refractivity contribution in [1.29, 1.82) is 0 Å². The Kier molecular flexibility index (Phi) is 2.78. The van der Waals surface area contributed by atoms with E-state index in [9.17, 15) is 13.2 Å². The number of benzene rings is 1. The molecule has 1 aromatic carbocycles. The van der Waals surface area contributed by atoms with Crippen LogP contribution in [-0.4, -0.2) is 4.98 Å². The third-order valence-corrected chi connectivity index (χ3v) is 3.68. The molecule has 0 spiro atoms. The molecule has 19 heavy (non-hydrogen) atoms. The van der Waals surface area contributed by atoms with Crippen LogP contribution in [0.1, 0.15) is 5.69 Å². The van der Waals surface area contributed by atoms with Gasteiger partial charge in [0.1, 0.15) is 0 Å². The van der Waals surface area contributed by atoms with Gasteiger partial charge >= 0.3 is 6.18 Å². The third kappa shape index (κ3) is 2.21. The number of thiophene rings is 1. The molecule has 96 valence electrons. The van der Waals surface area contributed by atoms with Crippen LogP contribution in [0.3, 0.4) is 0 Å². The van der Waals surface area contributed by atoms with E-state index in [1.54, 1.807) is 47.8 Å². The normalized spacial score (nSPS) is 11.9. The minimum Gasteiger partial charge on any atom is -0.243 e. The Morgan fingerprint density at radius 3 is 2.47 bits per heavy atom. The molecule has 0 radical (unpaired) electrons. The number of alkyl halides is 3. The van der Waals surface area contributed by atoms with Crippen LogP contribution < -0.4 is 0 Å². The number of nitrogens with zero attached hydrogens (tertiary/aromatic N) is 1. The molecule has 3 rings (SSSR count). The van der Waals surface area contributed by atoms with E-state index >= 15 is 0 Å². The first kappa shape index (κ1) is 12.2. The van der Waals surface area contributed by atoms with Crippen molar-refractivity contribution in [3.8, 4) is 10.4 Å². The maximum absolute atomic E-state index is 13.1. The fourth-order valence-corrected chi connectivity index (χ4v) is 2.70. The molecule has 0 unspecified atom stereocenters. The number of aromatic nitrogens is 1. The maximum atomic E-state index is 13.1. The van der Waals surface area contributed by atoms with Gasteiger partial charge in [0, 0.05) is 15.8 Å². The van der Waals surface area contributed by atoms with Crippen molar-refractivity contribution in [3.63, 3.8) is 0 Å². The highest BCUT2D eigenvalue weighted by Crippen LogP contribution is 2.38. The highest BCUT2D eigenvalue weighted by Gasteiger charge is 2.36. The average Bonchev–Trinajstić information content (AvgIpc) is 2.90. The van der Waals surface area contributed by atoms with Gasteiger partial charge in [-0.05, 0) is 23.6 Å². The molecule has 5 heteroatoms. The Balaban J connectivity index is 2.34. The van der Waals surface area contributed by atoms with E-state index < -0.39 is 11.9 Å². The Morgan fingerprint density at radius 2 is 1.79 bits per heavy atom. The molecule has 0 aliphatic heterocycles. The molecule has 0 aliphatic carbocycles. The van der Waals surface area contributed by atoms with E-state index in [0.717, 1.165) is 0 Å². The van der Waals surface area contributed by atoms with E-state index in [1.165, 1.54) is 11.3 Å². The van der Waals surface area contributed by atoms with Crippen molar-refractivity contribution >= 4 is 22.2 Å². The number of halogens is 3. The molecule has 0 saturated heterocycles. The van der Waals surface area contributed by atoms with Gasteiger partial charge in [-0.15, -0.1) is 11.3 Å². The largest absolute Gasteiger partial charge is 0.434 e.